The van der Waals surface area contributed by atoms with Gasteiger partial charge in [-0.25, -0.2) is 4.98 Å². The highest BCUT2D eigenvalue weighted by molar-refractivity contribution is 9.10. The number of nitrogens with one attached hydrogen (secondary N) is 1. The first-order chi connectivity index (χ1) is 14.6. The van der Waals surface area contributed by atoms with Crippen molar-refractivity contribution in [3.8, 4) is 0 Å². The summed E-state index contributed by atoms with van der Waals surface area (Å²) in [5, 5.41) is 5.29. The number of amides is 2. The number of benzene rings is 2. The molecule has 0 radical (unpaired) electrons. The molecular weight excluding hydrogens is 442 g/mol. The van der Waals surface area contributed by atoms with E-state index in [1.165, 1.54) is 16.3 Å². The number of aromatic nitrogens is 1. The molecule has 1 aliphatic heterocycles. The summed E-state index contributed by atoms with van der Waals surface area (Å²) >= 11 is 3.33. The van der Waals surface area contributed by atoms with E-state index in [0.717, 1.165) is 10.9 Å². The van der Waals surface area contributed by atoms with E-state index in [0.29, 0.717) is 38.2 Å². The van der Waals surface area contributed by atoms with E-state index < -0.39 is 0 Å². The first-order valence-corrected chi connectivity index (χ1v) is 11.1. The molecular formula is C24H24BrN3O2. The first-order valence-electron chi connectivity index (χ1n) is 10.3. The Balaban J connectivity index is 1.25. The van der Waals surface area contributed by atoms with Gasteiger partial charge in [-0.05, 0) is 63.7 Å². The number of carbonyl (C=O) groups is 2. The Morgan fingerprint density at radius 1 is 1.03 bits per heavy atom. The summed E-state index contributed by atoms with van der Waals surface area (Å²) < 4.78 is 0.871. The van der Waals surface area contributed by atoms with E-state index in [4.69, 9.17) is 0 Å². The maximum absolute atomic E-state index is 12.6. The summed E-state index contributed by atoms with van der Waals surface area (Å²) in [5.74, 6) is 0.613. The van der Waals surface area contributed by atoms with E-state index in [1.54, 1.807) is 12.3 Å². The van der Waals surface area contributed by atoms with Gasteiger partial charge in [0.05, 0.1) is 0 Å². The molecule has 2 amide bonds. The molecule has 2 aromatic carbocycles. The lowest BCUT2D eigenvalue weighted by atomic mass is 9.95. The Morgan fingerprint density at radius 2 is 1.80 bits per heavy atom. The maximum Gasteiger partial charge on any atom is 0.228 e. The van der Waals surface area contributed by atoms with E-state index in [1.807, 2.05) is 23.1 Å². The van der Waals surface area contributed by atoms with Crippen LogP contribution in [0.4, 0.5) is 5.82 Å². The molecule has 0 saturated carbocycles. The van der Waals surface area contributed by atoms with Crippen LogP contribution in [0.1, 0.15) is 24.8 Å². The number of hydrogen-bond donors (Lipinski definition) is 1. The summed E-state index contributed by atoms with van der Waals surface area (Å²) in [7, 11) is 0. The molecule has 1 aromatic heterocycles. The summed E-state index contributed by atoms with van der Waals surface area (Å²) in [6.45, 7) is 1.25. The molecule has 1 saturated heterocycles. The van der Waals surface area contributed by atoms with Gasteiger partial charge >= 0.3 is 0 Å². The first kappa shape index (κ1) is 20.5. The van der Waals surface area contributed by atoms with Crippen LogP contribution >= 0.6 is 15.9 Å². The summed E-state index contributed by atoms with van der Waals surface area (Å²) in [6, 6.07) is 18.2. The fourth-order valence-corrected chi connectivity index (χ4v) is 4.11. The van der Waals surface area contributed by atoms with Gasteiger partial charge in [0, 0.05) is 36.1 Å². The van der Waals surface area contributed by atoms with Crippen LogP contribution in [0, 0.1) is 5.92 Å². The number of piperidine rings is 1. The van der Waals surface area contributed by atoms with Gasteiger partial charge in [-0.2, -0.15) is 0 Å². The predicted molar refractivity (Wildman–Crippen MR) is 122 cm³/mol. The third kappa shape index (κ3) is 5.05. The van der Waals surface area contributed by atoms with Crippen molar-refractivity contribution in [1.82, 2.24) is 9.88 Å². The number of aryl methyl sites for hydroxylation is 1. The molecule has 2 heterocycles. The summed E-state index contributed by atoms with van der Waals surface area (Å²) in [6.07, 6.45) is 4.26. The van der Waals surface area contributed by atoms with E-state index in [2.05, 4.69) is 56.6 Å². The average molecular weight is 466 g/mol. The molecule has 0 atom stereocenters. The smallest absolute Gasteiger partial charge is 0.228 e. The molecule has 0 spiro atoms. The number of likely N-dealkylation sites (tertiary alicyclic amines) is 1. The predicted octanol–water partition coefficient (Wildman–Crippen LogP) is 4.81. The minimum Gasteiger partial charge on any atom is -0.343 e. The standard InChI is InChI=1S/C24H24BrN3O2/c25-21-8-9-22(26-16-21)27-24(30)19-11-13-28(14-12-19)23(29)10-6-17-5-7-18-3-1-2-4-20(18)15-17/h1-5,7-9,15-16,19H,6,10-14H2,(H,26,27,30). The number of hydrogen-bond acceptors (Lipinski definition) is 3. The summed E-state index contributed by atoms with van der Waals surface area (Å²) in [5.41, 5.74) is 1.18. The van der Waals surface area contributed by atoms with Gasteiger partial charge in [0.25, 0.3) is 0 Å². The number of nitrogens with zero attached hydrogens (tertiary/aromatic N) is 2. The number of pyridine rings is 1. The van der Waals surface area contributed by atoms with Gasteiger partial charge in [0.2, 0.25) is 11.8 Å². The van der Waals surface area contributed by atoms with Crippen molar-refractivity contribution in [2.75, 3.05) is 18.4 Å². The summed E-state index contributed by atoms with van der Waals surface area (Å²) in [4.78, 5) is 31.2. The number of carbonyl (C=O) groups excluding carboxylic acids is 2. The minimum absolute atomic E-state index is 0.0203. The van der Waals surface area contributed by atoms with Gasteiger partial charge < -0.3 is 10.2 Å². The van der Waals surface area contributed by atoms with Gasteiger partial charge in [0.1, 0.15) is 5.82 Å². The molecule has 5 nitrogen and oxygen atoms in total. The molecule has 30 heavy (non-hydrogen) atoms. The fraction of sp³-hybridized carbons (Fsp3) is 0.292. The number of halogens is 1. The normalized spacial score (nSPS) is 14.6. The Labute approximate surface area is 184 Å². The largest absolute Gasteiger partial charge is 0.343 e. The molecule has 1 N–H and O–H groups in total. The zero-order valence-corrected chi connectivity index (χ0v) is 18.3. The SMILES string of the molecule is O=C(Nc1ccc(Br)cn1)C1CCN(C(=O)CCc2ccc3ccccc3c2)CC1. The third-order valence-electron chi connectivity index (χ3n) is 5.64. The minimum atomic E-state index is -0.0833. The lowest BCUT2D eigenvalue weighted by Crippen LogP contribution is -2.41. The molecule has 3 aromatic rings. The Hall–Kier alpha value is -2.73. The van der Waals surface area contributed by atoms with Crippen LogP contribution in [0.15, 0.2) is 65.3 Å². The molecule has 0 unspecified atom stereocenters. The number of fused-ring (bicyclic) bond motifs is 1. The third-order valence-corrected chi connectivity index (χ3v) is 6.11. The molecule has 0 aliphatic carbocycles. The highest BCUT2D eigenvalue weighted by Gasteiger charge is 2.27. The number of anilines is 1. The van der Waals surface area contributed by atoms with Crippen molar-refractivity contribution in [1.29, 1.82) is 0 Å². The molecule has 4 rings (SSSR count). The van der Waals surface area contributed by atoms with Crippen molar-refractivity contribution in [2.45, 2.75) is 25.7 Å². The second-order valence-electron chi connectivity index (χ2n) is 7.69. The Morgan fingerprint density at radius 3 is 2.53 bits per heavy atom. The second kappa shape index (κ2) is 9.39. The zero-order chi connectivity index (χ0) is 20.9. The molecule has 1 aliphatic rings. The van der Waals surface area contributed by atoms with E-state index >= 15 is 0 Å². The molecule has 6 heteroatoms. The quantitative estimate of drug-likeness (QED) is 0.587. The van der Waals surface area contributed by atoms with Gasteiger partial charge in [0.15, 0.2) is 0 Å². The van der Waals surface area contributed by atoms with Crippen LogP contribution in [-0.2, 0) is 16.0 Å². The van der Waals surface area contributed by atoms with Crippen LogP contribution in [-0.4, -0.2) is 34.8 Å². The van der Waals surface area contributed by atoms with E-state index in [9.17, 15) is 9.59 Å². The maximum atomic E-state index is 12.6. The zero-order valence-electron chi connectivity index (χ0n) is 16.7. The van der Waals surface area contributed by atoms with Crippen LogP contribution in [0.3, 0.4) is 0 Å². The van der Waals surface area contributed by atoms with Crippen molar-refractivity contribution in [3.05, 3.63) is 70.8 Å². The molecule has 1 fully saturated rings. The van der Waals surface area contributed by atoms with Crippen LogP contribution in [0.25, 0.3) is 10.8 Å². The van der Waals surface area contributed by atoms with Crippen molar-refractivity contribution in [3.63, 3.8) is 0 Å². The molecule has 154 valence electrons. The van der Waals surface area contributed by atoms with Crippen molar-refractivity contribution in [2.24, 2.45) is 5.92 Å². The highest BCUT2D eigenvalue weighted by atomic mass is 79.9. The van der Waals surface area contributed by atoms with Gasteiger partial charge in [-0.1, -0.05) is 42.5 Å². The van der Waals surface area contributed by atoms with Gasteiger partial charge in [-0.15, -0.1) is 0 Å². The van der Waals surface area contributed by atoms with E-state index in [-0.39, 0.29) is 17.7 Å². The van der Waals surface area contributed by atoms with Crippen molar-refractivity contribution >= 4 is 44.3 Å². The van der Waals surface area contributed by atoms with Crippen LogP contribution in [0.5, 0.6) is 0 Å². The highest BCUT2D eigenvalue weighted by Crippen LogP contribution is 2.21. The van der Waals surface area contributed by atoms with Crippen LogP contribution in [0.2, 0.25) is 0 Å². The lowest BCUT2D eigenvalue weighted by Gasteiger charge is -2.31. The fourth-order valence-electron chi connectivity index (χ4n) is 3.87. The van der Waals surface area contributed by atoms with Gasteiger partial charge in [-0.3, -0.25) is 9.59 Å². The Bertz CT molecular complexity index is 1040. The van der Waals surface area contributed by atoms with Crippen LogP contribution < -0.4 is 5.32 Å². The Kier molecular flexibility index (Phi) is 6.43. The average Bonchev–Trinajstić information content (AvgIpc) is 2.79. The lowest BCUT2D eigenvalue weighted by molar-refractivity contribution is -0.134. The monoisotopic (exact) mass is 465 g/mol. The topological polar surface area (TPSA) is 62.3 Å². The number of rotatable bonds is 5. The molecule has 0 bridgehead atoms. The van der Waals surface area contributed by atoms with Crippen molar-refractivity contribution < 1.29 is 9.59 Å². The second-order valence-corrected chi connectivity index (χ2v) is 8.60.